The number of benzene rings is 1. The van der Waals surface area contributed by atoms with Crippen molar-refractivity contribution < 1.29 is 9.90 Å². The van der Waals surface area contributed by atoms with Crippen molar-refractivity contribution in [2.24, 2.45) is 5.92 Å². The number of aryl methyl sites for hydroxylation is 1. The summed E-state index contributed by atoms with van der Waals surface area (Å²) in [5.74, 6) is -1.32. The van der Waals surface area contributed by atoms with Crippen LogP contribution in [0.5, 0.6) is 0 Å². The third kappa shape index (κ3) is 2.72. The summed E-state index contributed by atoms with van der Waals surface area (Å²) in [5.41, 5.74) is 1.74. The lowest BCUT2D eigenvalue weighted by atomic mass is 9.88. The Balaban J connectivity index is 3.17. The summed E-state index contributed by atoms with van der Waals surface area (Å²) in [4.78, 5) is 11.1. The molecule has 0 aliphatic rings. The van der Waals surface area contributed by atoms with E-state index in [2.05, 4.69) is 0 Å². The van der Waals surface area contributed by atoms with Crippen LogP contribution in [0.1, 0.15) is 30.9 Å². The minimum absolute atomic E-state index is 0.0303. The average molecular weight is 227 g/mol. The van der Waals surface area contributed by atoms with Crippen LogP contribution in [-0.2, 0) is 4.79 Å². The molecule has 1 aromatic carbocycles. The Hall–Kier alpha value is -1.02. The maximum atomic E-state index is 11.1. The largest absolute Gasteiger partial charge is 0.481 e. The van der Waals surface area contributed by atoms with E-state index in [1.165, 1.54) is 0 Å². The molecule has 0 saturated heterocycles. The Morgan fingerprint density at radius 1 is 1.40 bits per heavy atom. The van der Waals surface area contributed by atoms with E-state index in [0.29, 0.717) is 10.6 Å². The van der Waals surface area contributed by atoms with Crippen LogP contribution in [0.25, 0.3) is 0 Å². The Bertz CT molecular complexity index is 372. The van der Waals surface area contributed by atoms with E-state index >= 15 is 0 Å². The Kier molecular flexibility index (Phi) is 3.75. The molecule has 0 heterocycles. The number of rotatable bonds is 3. The number of carboxylic acids is 1. The predicted octanol–water partition coefficient (Wildman–Crippen LogP) is 3.47. The van der Waals surface area contributed by atoms with Gasteiger partial charge in [0.2, 0.25) is 0 Å². The van der Waals surface area contributed by atoms with Gasteiger partial charge in [0.05, 0.1) is 5.92 Å². The zero-order chi connectivity index (χ0) is 11.6. The summed E-state index contributed by atoms with van der Waals surface area (Å²) in [6.07, 6.45) is 0. The third-order valence-electron chi connectivity index (χ3n) is 2.42. The summed E-state index contributed by atoms with van der Waals surface area (Å²) >= 11 is 6.05. The predicted molar refractivity (Wildman–Crippen MR) is 61.4 cm³/mol. The zero-order valence-electron chi connectivity index (χ0n) is 9.12. The first-order chi connectivity index (χ1) is 6.93. The molecule has 0 aliphatic carbocycles. The van der Waals surface area contributed by atoms with Crippen LogP contribution in [0, 0.1) is 12.8 Å². The molecule has 0 aromatic heterocycles. The Morgan fingerprint density at radius 2 is 2.00 bits per heavy atom. The monoisotopic (exact) mass is 226 g/mol. The van der Waals surface area contributed by atoms with Crippen molar-refractivity contribution in [2.45, 2.75) is 26.7 Å². The van der Waals surface area contributed by atoms with Crippen LogP contribution in [0.2, 0.25) is 5.02 Å². The Labute approximate surface area is 94.9 Å². The molecule has 1 unspecified atom stereocenters. The van der Waals surface area contributed by atoms with Gasteiger partial charge in [0, 0.05) is 5.02 Å². The summed E-state index contributed by atoms with van der Waals surface area (Å²) in [7, 11) is 0. The normalized spacial score (nSPS) is 12.9. The van der Waals surface area contributed by atoms with Gasteiger partial charge in [-0.05, 0) is 30.0 Å². The van der Waals surface area contributed by atoms with Crippen molar-refractivity contribution in [3.05, 3.63) is 34.3 Å². The topological polar surface area (TPSA) is 37.3 Å². The number of carbonyl (C=O) groups is 1. The molecule has 1 rings (SSSR count). The fraction of sp³-hybridized carbons (Fsp3) is 0.417. The van der Waals surface area contributed by atoms with E-state index in [0.717, 1.165) is 5.56 Å². The zero-order valence-corrected chi connectivity index (χ0v) is 9.88. The highest BCUT2D eigenvalue weighted by molar-refractivity contribution is 6.31. The minimum atomic E-state index is -0.823. The number of hydrogen-bond donors (Lipinski definition) is 1. The molecule has 1 aromatic rings. The molecule has 1 atom stereocenters. The molecule has 0 radical (unpaired) electrons. The van der Waals surface area contributed by atoms with E-state index in [4.69, 9.17) is 16.7 Å². The van der Waals surface area contributed by atoms with Gasteiger partial charge < -0.3 is 5.11 Å². The number of hydrogen-bond acceptors (Lipinski definition) is 1. The lowest BCUT2D eigenvalue weighted by molar-refractivity contribution is -0.139. The van der Waals surface area contributed by atoms with Crippen LogP contribution in [0.4, 0.5) is 0 Å². The highest BCUT2D eigenvalue weighted by Gasteiger charge is 2.25. The van der Waals surface area contributed by atoms with E-state index in [9.17, 15) is 4.79 Å². The van der Waals surface area contributed by atoms with Gasteiger partial charge in [-0.2, -0.15) is 0 Å². The standard InChI is InChI=1S/C12H15ClO2/c1-7(2)11(12(14)15)9-5-4-8(3)6-10(9)13/h4-7,11H,1-3H3,(H,14,15). The third-order valence-corrected chi connectivity index (χ3v) is 2.75. The van der Waals surface area contributed by atoms with Gasteiger partial charge >= 0.3 is 5.97 Å². The first kappa shape index (κ1) is 12.1. The van der Waals surface area contributed by atoms with Gasteiger partial charge in [-0.15, -0.1) is 0 Å². The van der Waals surface area contributed by atoms with E-state index < -0.39 is 11.9 Å². The minimum Gasteiger partial charge on any atom is -0.481 e. The van der Waals surface area contributed by atoms with Crippen LogP contribution < -0.4 is 0 Å². The van der Waals surface area contributed by atoms with Crippen LogP contribution in [0.3, 0.4) is 0 Å². The first-order valence-corrected chi connectivity index (χ1v) is 5.30. The number of carboxylic acid groups (broad SMARTS) is 1. The molecule has 0 bridgehead atoms. The van der Waals surface area contributed by atoms with E-state index in [1.54, 1.807) is 12.1 Å². The number of aliphatic carboxylic acids is 1. The van der Waals surface area contributed by atoms with Gasteiger partial charge in [0.25, 0.3) is 0 Å². The SMILES string of the molecule is Cc1ccc(C(C(=O)O)C(C)C)c(Cl)c1. The fourth-order valence-corrected chi connectivity index (χ4v) is 2.01. The molecule has 0 spiro atoms. The molecule has 1 N–H and O–H groups in total. The second-order valence-electron chi connectivity index (χ2n) is 4.08. The molecular weight excluding hydrogens is 212 g/mol. The maximum absolute atomic E-state index is 11.1. The lowest BCUT2D eigenvalue weighted by Crippen LogP contribution is -2.17. The van der Waals surface area contributed by atoms with Crippen molar-refractivity contribution in [3.63, 3.8) is 0 Å². The van der Waals surface area contributed by atoms with Gasteiger partial charge in [-0.3, -0.25) is 4.79 Å². The molecule has 3 heteroatoms. The molecule has 0 fully saturated rings. The molecular formula is C12H15ClO2. The number of halogens is 1. The summed E-state index contributed by atoms with van der Waals surface area (Å²) in [6, 6.07) is 5.49. The summed E-state index contributed by atoms with van der Waals surface area (Å²) in [5, 5.41) is 9.67. The van der Waals surface area contributed by atoms with Crippen molar-refractivity contribution in [2.75, 3.05) is 0 Å². The quantitative estimate of drug-likeness (QED) is 0.857. The Morgan fingerprint density at radius 3 is 2.40 bits per heavy atom. The highest BCUT2D eigenvalue weighted by atomic mass is 35.5. The maximum Gasteiger partial charge on any atom is 0.311 e. The van der Waals surface area contributed by atoms with Crippen LogP contribution >= 0.6 is 11.6 Å². The van der Waals surface area contributed by atoms with Crippen LogP contribution in [0.15, 0.2) is 18.2 Å². The van der Waals surface area contributed by atoms with Crippen molar-refractivity contribution in [1.82, 2.24) is 0 Å². The van der Waals surface area contributed by atoms with E-state index in [1.807, 2.05) is 26.8 Å². The highest BCUT2D eigenvalue weighted by Crippen LogP contribution is 2.31. The van der Waals surface area contributed by atoms with Crippen LogP contribution in [-0.4, -0.2) is 11.1 Å². The molecule has 82 valence electrons. The van der Waals surface area contributed by atoms with E-state index in [-0.39, 0.29) is 5.92 Å². The smallest absolute Gasteiger partial charge is 0.311 e. The molecule has 15 heavy (non-hydrogen) atoms. The van der Waals surface area contributed by atoms with Gasteiger partial charge in [0.1, 0.15) is 0 Å². The second kappa shape index (κ2) is 4.67. The van der Waals surface area contributed by atoms with Crippen molar-refractivity contribution in [1.29, 1.82) is 0 Å². The first-order valence-electron chi connectivity index (χ1n) is 4.92. The molecule has 2 nitrogen and oxygen atoms in total. The van der Waals surface area contributed by atoms with Crippen molar-refractivity contribution >= 4 is 17.6 Å². The lowest BCUT2D eigenvalue weighted by Gasteiger charge is -2.18. The molecule has 0 aliphatic heterocycles. The summed E-state index contributed by atoms with van der Waals surface area (Å²) < 4.78 is 0. The fourth-order valence-electron chi connectivity index (χ4n) is 1.66. The second-order valence-corrected chi connectivity index (χ2v) is 4.49. The van der Waals surface area contributed by atoms with Crippen molar-refractivity contribution in [3.8, 4) is 0 Å². The van der Waals surface area contributed by atoms with Gasteiger partial charge in [-0.1, -0.05) is 37.6 Å². The molecule has 0 saturated carbocycles. The van der Waals surface area contributed by atoms with Gasteiger partial charge in [-0.25, -0.2) is 0 Å². The average Bonchev–Trinajstić information content (AvgIpc) is 2.08. The molecule has 0 amide bonds. The van der Waals surface area contributed by atoms with Gasteiger partial charge in [0.15, 0.2) is 0 Å². The summed E-state index contributed by atoms with van der Waals surface area (Å²) in [6.45, 7) is 5.70.